The lowest BCUT2D eigenvalue weighted by Gasteiger charge is -2.37. The van der Waals surface area contributed by atoms with Crippen molar-refractivity contribution in [1.82, 2.24) is 9.80 Å². The van der Waals surface area contributed by atoms with E-state index >= 15 is 0 Å². The largest absolute Gasteiger partial charge is 0.379 e. The summed E-state index contributed by atoms with van der Waals surface area (Å²) in [5.74, 6) is 0. The molecule has 18 heavy (non-hydrogen) atoms. The Labute approximate surface area is 114 Å². The molecule has 0 amide bonds. The van der Waals surface area contributed by atoms with Gasteiger partial charge in [-0.3, -0.25) is 4.90 Å². The van der Waals surface area contributed by atoms with E-state index in [1.165, 1.54) is 0 Å². The topological polar surface area (TPSA) is 39.5 Å². The summed E-state index contributed by atoms with van der Waals surface area (Å²) >= 11 is 1.73. The fraction of sp³-hybridized carbons (Fsp3) is 0.923. The predicted octanol–water partition coefficient (Wildman–Crippen LogP) is 1.04. The Hall–Kier alpha value is -0.280. The molecular weight excluding hydrogens is 246 g/mol. The minimum atomic E-state index is -0.116. The highest BCUT2D eigenvalue weighted by atomic mass is 32.2. The van der Waals surface area contributed by atoms with Gasteiger partial charge < -0.3 is 9.64 Å². The summed E-state index contributed by atoms with van der Waals surface area (Å²) in [7, 11) is 0. The molecule has 2 fully saturated rings. The second-order valence-corrected chi connectivity index (χ2v) is 6.30. The van der Waals surface area contributed by atoms with Crippen LogP contribution in [0.3, 0.4) is 0 Å². The molecule has 0 aliphatic carbocycles. The monoisotopic (exact) mass is 269 g/mol. The Morgan fingerprint density at radius 3 is 2.17 bits per heavy atom. The van der Waals surface area contributed by atoms with E-state index < -0.39 is 0 Å². The maximum atomic E-state index is 9.25. The Balaban J connectivity index is 1.69. The molecule has 0 spiro atoms. The lowest BCUT2D eigenvalue weighted by atomic mass is 9.97. The van der Waals surface area contributed by atoms with Crippen LogP contribution < -0.4 is 0 Å². The van der Waals surface area contributed by atoms with Crippen LogP contribution >= 0.6 is 11.8 Å². The zero-order valence-electron chi connectivity index (χ0n) is 11.2. The number of nitriles is 1. The van der Waals surface area contributed by atoms with Crippen molar-refractivity contribution in [2.75, 3.05) is 58.7 Å². The van der Waals surface area contributed by atoms with Gasteiger partial charge in [0.25, 0.3) is 0 Å². The van der Waals surface area contributed by atoms with Gasteiger partial charge in [0.15, 0.2) is 0 Å². The van der Waals surface area contributed by atoms with E-state index in [1.807, 2.05) is 0 Å². The Kier molecular flexibility index (Phi) is 5.31. The van der Waals surface area contributed by atoms with Crippen molar-refractivity contribution in [2.24, 2.45) is 0 Å². The smallest absolute Gasteiger partial charge is 0.104 e. The number of likely N-dealkylation sites (tertiary alicyclic amines) is 1. The molecule has 2 heterocycles. The van der Waals surface area contributed by atoms with Gasteiger partial charge in [-0.2, -0.15) is 5.26 Å². The van der Waals surface area contributed by atoms with Crippen LogP contribution in [0.1, 0.15) is 12.8 Å². The molecular formula is C13H23N3OS. The van der Waals surface area contributed by atoms with E-state index in [-0.39, 0.29) is 4.75 Å². The van der Waals surface area contributed by atoms with Crippen LogP contribution in [0.4, 0.5) is 0 Å². The molecule has 0 aromatic rings. The maximum absolute atomic E-state index is 9.25. The highest BCUT2D eigenvalue weighted by molar-refractivity contribution is 8.00. The van der Waals surface area contributed by atoms with Crippen molar-refractivity contribution >= 4 is 11.8 Å². The van der Waals surface area contributed by atoms with Gasteiger partial charge in [-0.1, -0.05) is 0 Å². The molecule has 2 rings (SSSR count). The van der Waals surface area contributed by atoms with Gasteiger partial charge in [-0.25, -0.2) is 0 Å². The van der Waals surface area contributed by atoms with Gasteiger partial charge in [-0.15, -0.1) is 11.8 Å². The average molecular weight is 269 g/mol. The minimum Gasteiger partial charge on any atom is -0.379 e. The molecule has 2 saturated heterocycles. The average Bonchev–Trinajstić information content (AvgIpc) is 2.47. The van der Waals surface area contributed by atoms with Crippen molar-refractivity contribution in [2.45, 2.75) is 17.6 Å². The molecule has 0 saturated carbocycles. The summed E-state index contributed by atoms with van der Waals surface area (Å²) < 4.78 is 5.24. The molecule has 0 N–H and O–H groups in total. The van der Waals surface area contributed by atoms with Crippen molar-refractivity contribution < 1.29 is 4.74 Å². The molecule has 5 heteroatoms. The first-order chi connectivity index (χ1) is 8.78. The maximum Gasteiger partial charge on any atom is 0.104 e. The van der Waals surface area contributed by atoms with Crippen LogP contribution in [-0.2, 0) is 4.74 Å². The molecule has 2 aliphatic rings. The minimum absolute atomic E-state index is 0.116. The van der Waals surface area contributed by atoms with Gasteiger partial charge in [0.1, 0.15) is 4.75 Å². The SMILES string of the molecule is CSC1(C#N)CCN(CCN2CCOCC2)CC1. The molecule has 0 bridgehead atoms. The molecule has 102 valence electrons. The zero-order valence-corrected chi connectivity index (χ0v) is 12.0. The summed E-state index contributed by atoms with van der Waals surface area (Å²) in [6.45, 7) is 8.31. The molecule has 2 aliphatic heterocycles. The first-order valence-corrected chi connectivity index (χ1v) is 7.99. The normalized spacial score (nSPS) is 25.8. The standard InChI is InChI=1S/C13H23N3OS/c1-18-13(12-14)2-4-15(5-3-13)6-7-16-8-10-17-11-9-16/h2-11H2,1H3. The quantitative estimate of drug-likeness (QED) is 0.762. The van der Waals surface area contributed by atoms with Crippen LogP contribution in [0.5, 0.6) is 0 Å². The first kappa shape index (κ1) is 14.1. The number of thioether (sulfide) groups is 1. The van der Waals surface area contributed by atoms with E-state index in [1.54, 1.807) is 11.8 Å². The van der Waals surface area contributed by atoms with E-state index in [2.05, 4.69) is 22.1 Å². The third kappa shape index (κ3) is 3.61. The second kappa shape index (κ2) is 6.76. The van der Waals surface area contributed by atoms with Crippen molar-refractivity contribution in [3.8, 4) is 6.07 Å². The Bertz CT molecular complexity index is 291. The lowest BCUT2D eigenvalue weighted by Crippen LogP contribution is -2.46. The van der Waals surface area contributed by atoms with Crippen molar-refractivity contribution in [3.63, 3.8) is 0 Å². The van der Waals surface area contributed by atoms with Crippen LogP contribution in [0.15, 0.2) is 0 Å². The van der Waals surface area contributed by atoms with Crippen LogP contribution in [0.25, 0.3) is 0 Å². The van der Waals surface area contributed by atoms with E-state index in [0.29, 0.717) is 0 Å². The predicted molar refractivity (Wildman–Crippen MR) is 74.8 cm³/mol. The van der Waals surface area contributed by atoms with E-state index in [9.17, 15) is 5.26 Å². The molecule has 0 radical (unpaired) electrons. The van der Waals surface area contributed by atoms with Gasteiger partial charge in [0.2, 0.25) is 0 Å². The fourth-order valence-electron chi connectivity index (χ4n) is 2.61. The highest BCUT2D eigenvalue weighted by Gasteiger charge is 2.33. The Morgan fingerprint density at radius 2 is 1.67 bits per heavy atom. The number of piperidine rings is 1. The highest BCUT2D eigenvalue weighted by Crippen LogP contribution is 2.33. The summed E-state index contributed by atoms with van der Waals surface area (Å²) in [6.07, 6.45) is 4.08. The number of nitrogens with zero attached hydrogens (tertiary/aromatic N) is 3. The van der Waals surface area contributed by atoms with E-state index in [4.69, 9.17) is 4.74 Å². The van der Waals surface area contributed by atoms with E-state index in [0.717, 1.165) is 65.3 Å². The third-order valence-electron chi connectivity index (χ3n) is 4.09. The molecule has 0 aromatic carbocycles. The van der Waals surface area contributed by atoms with Crippen LogP contribution in [0.2, 0.25) is 0 Å². The fourth-order valence-corrected chi connectivity index (χ4v) is 3.29. The van der Waals surface area contributed by atoms with Gasteiger partial charge in [0, 0.05) is 39.3 Å². The third-order valence-corrected chi connectivity index (χ3v) is 5.38. The molecule has 0 atom stereocenters. The zero-order chi connectivity index (χ0) is 12.8. The van der Waals surface area contributed by atoms with Gasteiger partial charge in [-0.05, 0) is 19.1 Å². The molecule has 0 unspecified atom stereocenters. The summed E-state index contributed by atoms with van der Waals surface area (Å²) in [5.41, 5.74) is 0. The Morgan fingerprint density at radius 1 is 1.11 bits per heavy atom. The number of rotatable bonds is 4. The lowest BCUT2D eigenvalue weighted by molar-refractivity contribution is 0.0322. The first-order valence-electron chi connectivity index (χ1n) is 6.77. The summed E-state index contributed by atoms with van der Waals surface area (Å²) in [6, 6.07) is 2.50. The van der Waals surface area contributed by atoms with Gasteiger partial charge >= 0.3 is 0 Å². The molecule has 4 nitrogen and oxygen atoms in total. The van der Waals surface area contributed by atoms with Crippen molar-refractivity contribution in [3.05, 3.63) is 0 Å². The van der Waals surface area contributed by atoms with Crippen LogP contribution in [0, 0.1) is 11.3 Å². The number of ether oxygens (including phenoxy) is 1. The van der Waals surface area contributed by atoms with Crippen LogP contribution in [-0.4, -0.2) is 73.3 Å². The second-order valence-electron chi connectivity index (χ2n) is 5.11. The number of hydrogen-bond acceptors (Lipinski definition) is 5. The van der Waals surface area contributed by atoms with Gasteiger partial charge in [0.05, 0.1) is 19.3 Å². The van der Waals surface area contributed by atoms with Crippen molar-refractivity contribution in [1.29, 1.82) is 5.26 Å². The number of morpholine rings is 1. The summed E-state index contributed by atoms with van der Waals surface area (Å²) in [4.78, 5) is 4.98. The molecule has 0 aromatic heterocycles. The summed E-state index contributed by atoms with van der Waals surface area (Å²) in [5, 5.41) is 9.25. The number of hydrogen-bond donors (Lipinski definition) is 0.